The number of nitrogens with zero attached hydrogens (tertiary/aromatic N) is 2. The summed E-state index contributed by atoms with van der Waals surface area (Å²) in [5, 5.41) is 9.24. The Balaban J connectivity index is 1.65. The third-order valence-electron chi connectivity index (χ3n) is 3.10. The molecule has 1 aromatic heterocycles. The maximum absolute atomic E-state index is 4.34. The molecular weight excluding hydrogens is 218 g/mol. The molecule has 2 rings (SSSR count). The molecule has 0 atom stereocenters. The van der Waals surface area contributed by atoms with E-state index in [2.05, 4.69) is 16.5 Å². The van der Waals surface area contributed by atoms with E-state index in [1.807, 2.05) is 30.4 Å². The molecule has 4 heteroatoms. The lowest BCUT2D eigenvalue weighted by Gasteiger charge is -2.10. The third-order valence-corrected chi connectivity index (χ3v) is 4.19. The van der Waals surface area contributed by atoms with Crippen molar-refractivity contribution < 1.29 is 0 Å². The summed E-state index contributed by atoms with van der Waals surface area (Å²) >= 11 is 1.89. The van der Waals surface area contributed by atoms with Gasteiger partial charge in [-0.3, -0.25) is 4.68 Å². The third kappa shape index (κ3) is 3.25. The zero-order valence-corrected chi connectivity index (χ0v) is 11.0. The Labute approximate surface area is 102 Å². The maximum atomic E-state index is 4.34. The molecule has 90 valence electrons. The van der Waals surface area contributed by atoms with E-state index in [4.69, 9.17) is 0 Å². The van der Waals surface area contributed by atoms with E-state index in [9.17, 15) is 0 Å². The lowest BCUT2D eigenvalue weighted by Crippen LogP contribution is -2.28. The summed E-state index contributed by atoms with van der Waals surface area (Å²) < 4.78 is 1.97. The maximum Gasteiger partial charge on any atom is 0.0939 e. The summed E-state index contributed by atoms with van der Waals surface area (Å²) in [6.45, 7) is 3.15. The van der Waals surface area contributed by atoms with Crippen LogP contribution in [0.25, 0.3) is 0 Å². The first kappa shape index (κ1) is 12.0. The predicted octanol–water partition coefficient (Wildman–Crippen LogP) is 2.35. The zero-order valence-electron chi connectivity index (χ0n) is 10.2. The van der Waals surface area contributed by atoms with Gasteiger partial charge in [0.25, 0.3) is 0 Å². The number of rotatable bonds is 5. The summed E-state index contributed by atoms with van der Waals surface area (Å²) in [5.74, 6) is 1.13. The first-order valence-corrected chi connectivity index (χ1v) is 7.11. The van der Waals surface area contributed by atoms with Gasteiger partial charge in [-0.15, -0.1) is 11.8 Å². The zero-order chi connectivity index (χ0) is 11.4. The minimum Gasteiger partial charge on any atom is -0.313 e. The molecule has 3 nitrogen and oxygen atoms in total. The van der Waals surface area contributed by atoms with Crippen LogP contribution in [0.15, 0.2) is 11.1 Å². The van der Waals surface area contributed by atoms with Gasteiger partial charge < -0.3 is 5.32 Å². The Morgan fingerprint density at radius 3 is 2.88 bits per heavy atom. The SMILES string of the molecule is Cc1cc(SCCNC2CCCC2)n(C)n1. The van der Waals surface area contributed by atoms with Crippen LogP contribution in [-0.4, -0.2) is 28.1 Å². The van der Waals surface area contributed by atoms with Gasteiger partial charge in [-0.2, -0.15) is 5.10 Å². The van der Waals surface area contributed by atoms with E-state index in [0.29, 0.717) is 0 Å². The molecule has 0 amide bonds. The summed E-state index contributed by atoms with van der Waals surface area (Å²) in [6.07, 6.45) is 5.56. The summed E-state index contributed by atoms with van der Waals surface area (Å²) in [7, 11) is 2.01. The fourth-order valence-corrected chi connectivity index (χ4v) is 3.18. The summed E-state index contributed by atoms with van der Waals surface area (Å²) in [6, 6.07) is 2.94. The first-order valence-electron chi connectivity index (χ1n) is 6.12. The van der Waals surface area contributed by atoms with Gasteiger partial charge in [-0.05, 0) is 25.8 Å². The summed E-state index contributed by atoms with van der Waals surface area (Å²) in [5.41, 5.74) is 1.11. The van der Waals surface area contributed by atoms with Crippen LogP contribution in [0.3, 0.4) is 0 Å². The highest BCUT2D eigenvalue weighted by atomic mass is 32.2. The van der Waals surface area contributed by atoms with E-state index in [1.165, 1.54) is 30.7 Å². The van der Waals surface area contributed by atoms with E-state index >= 15 is 0 Å². The molecule has 0 saturated heterocycles. The second-order valence-electron chi connectivity index (χ2n) is 4.53. The molecule has 1 aliphatic rings. The average molecular weight is 239 g/mol. The molecular formula is C12H21N3S. The normalized spacial score (nSPS) is 17.1. The monoisotopic (exact) mass is 239 g/mol. The lowest BCUT2D eigenvalue weighted by molar-refractivity contribution is 0.545. The van der Waals surface area contributed by atoms with Crippen molar-refractivity contribution in [3.8, 4) is 0 Å². The van der Waals surface area contributed by atoms with E-state index in [-0.39, 0.29) is 0 Å². The van der Waals surface area contributed by atoms with Crippen molar-refractivity contribution in [2.75, 3.05) is 12.3 Å². The largest absolute Gasteiger partial charge is 0.313 e. The molecule has 0 spiro atoms. The number of hydrogen-bond acceptors (Lipinski definition) is 3. The number of nitrogens with one attached hydrogen (secondary N) is 1. The molecule has 1 heterocycles. The van der Waals surface area contributed by atoms with Gasteiger partial charge in [0.2, 0.25) is 0 Å². The van der Waals surface area contributed by atoms with Crippen molar-refractivity contribution >= 4 is 11.8 Å². The molecule has 16 heavy (non-hydrogen) atoms. The highest BCUT2D eigenvalue weighted by Crippen LogP contribution is 2.19. The number of aryl methyl sites for hydroxylation is 2. The highest BCUT2D eigenvalue weighted by Gasteiger charge is 2.13. The smallest absolute Gasteiger partial charge is 0.0939 e. The Morgan fingerprint density at radius 2 is 2.25 bits per heavy atom. The molecule has 0 unspecified atom stereocenters. The topological polar surface area (TPSA) is 29.9 Å². The van der Waals surface area contributed by atoms with Gasteiger partial charge in [0.1, 0.15) is 0 Å². The molecule has 0 aliphatic heterocycles. The van der Waals surface area contributed by atoms with Crippen molar-refractivity contribution in [1.29, 1.82) is 0 Å². The molecule has 1 aliphatic carbocycles. The lowest BCUT2D eigenvalue weighted by atomic mass is 10.2. The molecule has 1 fully saturated rings. The quantitative estimate of drug-likeness (QED) is 0.632. The van der Waals surface area contributed by atoms with Crippen LogP contribution in [0.2, 0.25) is 0 Å². The van der Waals surface area contributed by atoms with Crippen LogP contribution in [0.5, 0.6) is 0 Å². The van der Waals surface area contributed by atoms with Crippen LogP contribution in [0.4, 0.5) is 0 Å². The fraction of sp³-hybridized carbons (Fsp3) is 0.750. The predicted molar refractivity (Wildman–Crippen MR) is 68.9 cm³/mol. The van der Waals surface area contributed by atoms with Gasteiger partial charge in [0.05, 0.1) is 10.7 Å². The molecule has 0 aromatic carbocycles. The standard InChI is InChI=1S/C12H21N3S/c1-10-9-12(15(2)14-10)16-8-7-13-11-5-3-4-6-11/h9,11,13H,3-8H2,1-2H3. The van der Waals surface area contributed by atoms with Crippen LogP contribution in [0.1, 0.15) is 31.4 Å². The fourth-order valence-electron chi connectivity index (χ4n) is 2.27. The van der Waals surface area contributed by atoms with Crippen LogP contribution in [0, 0.1) is 6.92 Å². The van der Waals surface area contributed by atoms with Gasteiger partial charge in [-0.25, -0.2) is 0 Å². The number of hydrogen-bond donors (Lipinski definition) is 1. The van der Waals surface area contributed by atoms with Crippen LogP contribution >= 0.6 is 11.8 Å². The number of thioether (sulfide) groups is 1. The van der Waals surface area contributed by atoms with Crippen molar-refractivity contribution in [1.82, 2.24) is 15.1 Å². The number of aromatic nitrogens is 2. The Bertz CT molecular complexity index is 329. The van der Waals surface area contributed by atoms with Gasteiger partial charge in [0, 0.05) is 25.4 Å². The molecule has 0 bridgehead atoms. The summed E-state index contributed by atoms with van der Waals surface area (Å²) in [4.78, 5) is 0. The second-order valence-corrected chi connectivity index (χ2v) is 5.65. The van der Waals surface area contributed by atoms with E-state index in [0.717, 1.165) is 24.0 Å². The first-order chi connectivity index (χ1) is 7.75. The van der Waals surface area contributed by atoms with Crippen molar-refractivity contribution in [2.45, 2.75) is 43.7 Å². The van der Waals surface area contributed by atoms with Crippen molar-refractivity contribution in [3.63, 3.8) is 0 Å². The highest BCUT2D eigenvalue weighted by molar-refractivity contribution is 7.99. The minimum absolute atomic E-state index is 0.786. The molecule has 1 aromatic rings. The van der Waals surface area contributed by atoms with Crippen LogP contribution < -0.4 is 5.32 Å². The van der Waals surface area contributed by atoms with Gasteiger partial charge in [0.15, 0.2) is 0 Å². The Hall–Kier alpha value is -0.480. The Morgan fingerprint density at radius 1 is 1.50 bits per heavy atom. The van der Waals surface area contributed by atoms with Crippen LogP contribution in [-0.2, 0) is 7.05 Å². The van der Waals surface area contributed by atoms with Crippen molar-refractivity contribution in [3.05, 3.63) is 11.8 Å². The van der Waals surface area contributed by atoms with Crippen molar-refractivity contribution in [2.24, 2.45) is 7.05 Å². The molecule has 1 saturated carbocycles. The second kappa shape index (κ2) is 5.73. The van der Waals surface area contributed by atoms with Gasteiger partial charge >= 0.3 is 0 Å². The minimum atomic E-state index is 0.786. The average Bonchev–Trinajstić information content (AvgIpc) is 2.84. The van der Waals surface area contributed by atoms with E-state index in [1.54, 1.807) is 0 Å². The molecule has 0 radical (unpaired) electrons. The Kier molecular flexibility index (Phi) is 4.29. The molecule has 1 N–H and O–H groups in total. The van der Waals surface area contributed by atoms with Gasteiger partial charge in [-0.1, -0.05) is 12.8 Å². The van der Waals surface area contributed by atoms with E-state index < -0.39 is 0 Å².